The minimum absolute atomic E-state index is 0.000745. The molecule has 0 amide bonds. The van der Waals surface area contributed by atoms with Crippen LogP contribution in [0.4, 0.5) is 0 Å². The van der Waals surface area contributed by atoms with E-state index in [0.29, 0.717) is 10.8 Å². The van der Waals surface area contributed by atoms with Crippen LogP contribution in [0, 0.1) is 11.3 Å². The molecule has 51 heavy (non-hydrogen) atoms. The van der Waals surface area contributed by atoms with Crippen LogP contribution in [0.1, 0.15) is 75.3 Å². The number of carboxylic acids is 1. The quantitative estimate of drug-likeness (QED) is 0.157. The third-order valence-electron chi connectivity index (χ3n) is 10.6. The van der Waals surface area contributed by atoms with E-state index >= 15 is 0 Å². The standard InChI is InChI=1S/C44H50ClNO5/c1-30(2)37-27-44(20-22-46(23-21-44)28-32-16-18-35(19-17-32)50-34-14-10-7-11-15-34)39(24-31-12-8-6-9-13-31)51-41(37)36-25-33(43(3,4)5)26-38(45)42(36)49-29-40(47)48/h6-19,25-26,37,39,41H,1,20-24,27-29H2,2-5H3,(H,47,48)/t37-,39+,41-/m0/s1. The number of benzene rings is 4. The molecule has 1 N–H and O–H groups in total. The van der Waals surface area contributed by atoms with Crippen LogP contribution in [0.3, 0.4) is 0 Å². The Morgan fingerprint density at radius 2 is 1.57 bits per heavy atom. The van der Waals surface area contributed by atoms with E-state index in [-0.39, 0.29) is 29.0 Å². The molecular weight excluding hydrogens is 658 g/mol. The largest absolute Gasteiger partial charge is 0.480 e. The zero-order chi connectivity index (χ0) is 36.2. The Labute approximate surface area is 308 Å². The first kappa shape index (κ1) is 36.7. The van der Waals surface area contributed by atoms with Crippen LogP contribution in [-0.4, -0.2) is 41.8 Å². The Bertz CT molecular complexity index is 1790. The van der Waals surface area contributed by atoms with Gasteiger partial charge in [0.15, 0.2) is 6.61 Å². The minimum Gasteiger partial charge on any atom is -0.480 e. The predicted octanol–water partition coefficient (Wildman–Crippen LogP) is 10.4. The van der Waals surface area contributed by atoms with Crippen molar-refractivity contribution in [2.75, 3.05) is 19.7 Å². The Morgan fingerprint density at radius 3 is 2.18 bits per heavy atom. The Balaban J connectivity index is 1.26. The summed E-state index contributed by atoms with van der Waals surface area (Å²) < 4.78 is 19.3. The number of piperidine rings is 1. The number of likely N-dealkylation sites (tertiary alicyclic amines) is 1. The second kappa shape index (κ2) is 15.6. The van der Waals surface area contributed by atoms with E-state index in [1.54, 1.807) is 0 Å². The molecule has 1 spiro atoms. The number of halogens is 1. The summed E-state index contributed by atoms with van der Waals surface area (Å²) in [5.74, 6) is 0.988. The summed E-state index contributed by atoms with van der Waals surface area (Å²) in [5.41, 5.74) is 5.12. The fraction of sp³-hybridized carbons (Fsp3) is 0.386. The van der Waals surface area contributed by atoms with Gasteiger partial charge in [-0.05, 0) is 104 Å². The fourth-order valence-corrected chi connectivity index (χ4v) is 7.96. The first-order valence-electron chi connectivity index (χ1n) is 18.0. The molecule has 0 unspecified atom stereocenters. The van der Waals surface area contributed by atoms with Crippen LogP contribution in [0.5, 0.6) is 17.2 Å². The molecule has 0 saturated carbocycles. The zero-order valence-corrected chi connectivity index (χ0v) is 31.0. The summed E-state index contributed by atoms with van der Waals surface area (Å²) in [5, 5.41) is 9.92. The number of carbonyl (C=O) groups is 1. The van der Waals surface area contributed by atoms with Crippen LogP contribution in [-0.2, 0) is 27.9 Å². The van der Waals surface area contributed by atoms with E-state index in [1.807, 2.05) is 54.6 Å². The van der Waals surface area contributed by atoms with E-state index in [4.69, 9.17) is 25.8 Å². The molecule has 2 fully saturated rings. The van der Waals surface area contributed by atoms with Gasteiger partial charge in [0.2, 0.25) is 0 Å². The van der Waals surface area contributed by atoms with Crippen molar-refractivity contribution in [3.63, 3.8) is 0 Å². The number of hydrogen-bond donors (Lipinski definition) is 1. The van der Waals surface area contributed by atoms with E-state index < -0.39 is 12.6 Å². The maximum atomic E-state index is 11.6. The predicted molar refractivity (Wildman–Crippen MR) is 204 cm³/mol. The fourth-order valence-electron chi connectivity index (χ4n) is 7.68. The van der Waals surface area contributed by atoms with Gasteiger partial charge in [-0.1, -0.05) is 105 Å². The molecule has 268 valence electrons. The molecule has 3 atom stereocenters. The molecule has 4 aromatic carbocycles. The molecule has 6 rings (SSSR count). The lowest BCUT2D eigenvalue weighted by Crippen LogP contribution is -2.52. The average Bonchev–Trinajstić information content (AvgIpc) is 3.10. The van der Waals surface area contributed by atoms with Crippen molar-refractivity contribution in [1.29, 1.82) is 0 Å². The first-order chi connectivity index (χ1) is 24.4. The van der Waals surface area contributed by atoms with Crippen LogP contribution in [0.15, 0.2) is 109 Å². The molecule has 0 bridgehead atoms. The maximum absolute atomic E-state index is 11.6. The van der Waals surface area contributed by atoms with Gasteiger partial charge in [0.1, 0.15) is 17.2 Å². The van der Waals surface area contributed by atoms with Gasteiger partial charge in [-0.2, -0.15) is 0 Å². The lowest BCUT2D eigenvalue weighted by atomic mass is 9.62. The molecule has 0 radical (unpaired) electrons. The normalized spacial score (nSPS) is 20.5. The van der Waals surface area contributed by atoms with E-state index in [9.17, 15) is 9.90 Å². The van der Waals surface area contributed by atoms with Gasteiger partial charge in [0.25, 0.3) is 0 Å². The molecule has 2 aliphatic heterocycles. The van der Waals surface area contributed by atoms with Crippen molar-refractivity contribution in [1.82, 2.24) is 4.90 Å². The number of carboxylic acid groups (broad SMARTS) is 1. The number of rotatable bonds is 11. The third kappa shape index (κ3) is 8.86. The highest BCUT2D eigenvalue weighted by molar-refractivity contribution is 6.32. The topological polar surface area (TPSA) is 68.2 Å². The first-order valence-corrected chi connectivity index (χ1v) is 18.4. The number of ether oxygens (including phenoxy) is 3. The van der Waals surface area contributed by atoms with Crippen LogP contribution in [0.25, 0.3) is 0 Å². The van der Waals surface area contributed by atoms with Crippen LogP contribution >= 0.6 is 11.6 Å². The van der Waals surface area contributed by atoms with Crippen molar-refractivity contribution in [2.45, 2.75) is 77.5 Å². The summed E-state index contributed by atoms with van der Waals surface area (Å²) in [6.07, 6.45) is 3.24. The highest BCUT2D eigenvalue weighted by Crippen LogP contribution is 2.55. The molecule has 2 heterocycles. The van der Waals surface area contributed by atoms with E-state index in [2.05, 4.69) is 81.6 Å². The molecule has 0 aromatic heterocycles. The second-order valence-corrected chi connectivity index (χ2v) is 15.8. The molecule has 7 heteroatoms. The highest BCUT2D eigenvalue weighted by atomic mass is 35.5. The number of hydrogen-bond acceptors (Lipinski definition) is 5. The van der Waals surface area contributed by atoms with Gasteiger partial charge in [-0.25, -0.2) is 4.79 Å². The summed E-state index contributed by atoms with van der Waals surface area (Å²) in [4.78, 5) is 14.2. The Kier molecular flexibility index (Phi) is 11.3. The van der Waals surface area contributed by atoms with Gasteiger partial charge >= 0.3 is 5.97 Å². The minimum atomic E-state index is -1.05. The van der Waals surface area contributed by atoms with Crippen molar-refractivity contribution < 1.29 is 24.1 Å². The maximum Gasteiger partial charge on any atom is 0.341 e. The SMILES string of the molecule is C=C(C)[C@@H]1CC2(CCN(Cc3ccc(Oc4ccccc4)cc3)CC2)[C@@H](Cc2ccccc2)O[C@H]1c1cc(C(C)(C)C)cc(Cl)c1OCC(=O)O. The van der Waals surface area contributed by atoms with Crippen molar-refractivity contribution in [2.24, 2.45) is 11.3 Å². The molecule has 2 saturated heterocycles. The number of para-hydroxylation sites is 1. The van der Waals surface area contributed by atoms with Gasteiger partial charge in [-0.3, -0.25) is 4.90 Å². The molecule has 4 aromatic rings. The van der Waals surface area contributed by atoms with E-state index in [1.165, 1.54) is 11.1 Å². The van der Waals surface area contributed by atoms with Crippen molar-refractivity contribution in [3.8, 4) is 17.2 Å². The van der Waals surface area contributed by atoms with E-state index in [0.717, 1.165) is 73.5 Å². The van der Waals surface area contributed by atoms with Gasteiger partial charge in [-0.15, -0.1) is 0 Å². The third-order valence-corrected chi connectivity index (χ3v) is 10.9. The summed E-state index contributed by atoms with van der Waals surface area (Å²) in [6.45, 7) is 15.3. The van der Waals surface area contributed by atoms with Gasteiger partial charge in [0, 0.05) is 23.4 Å². The van der Waals surface area contributed by atoms with Gasteiger partial charge < -0.3 is 19.3 Å². The Hall–Kier alpha value is -4.10. The monoisotopic (exact) mass is 707 g/mol. The lowest BCUT2D eigenvalue weighted by molar-refractivity contribution is -0.170. The molecule has 2 aliphatic rings. The zero-order valence-electron chi connectivity index (χ0n) is 30.2. The summed E-state index contributed by atoms with van der Waals surface area (Å²) >= 11 is 6.90. The molecule has 0 aliphatic carbocycles. The van der Waals surface area contributed by atoms with Gasteiger partial charge in [0.05, 0.1) is 17.2 Å². The molecular formula is C44H50ClNO5. The smallest absolute Gasteiger partial charge is 0.341 e. The lowest BCUT2D eigenvalue weighted by Gasteiger charge is -2.54. The van der Waals surface area contributed by atoms with Crippen LogP contribution < -0.4 is 9.47 Å². The number of aliphatic carboxylic acids is 1. The summed E-state index contributed by atoms with van der Waals surface area (Å²) in [7, 11) is 0. The van der Waals surface area contributed by atoms with Crippen molar-refractivity contribution in [3.05, 3.63) is 136 Å². The van der Waals surface area contributed by atoms with Crippen LogP contribution in [0.2, 0.25) is 5.02 Å². The average molecular weight is 708 g/mol. The Morgan fingerprint density at radius 1 is 0.941 bits per heavy atom. The molecule has 6 nitrogen and oxygen atoms in total. The van der Waals surface area contributed by atoms with Crippen molar-refractivity contribution >= 4 is 17.6 Å². The number of nitrogens with zero attached hydrogens (tertiary/aromatic N) is 1. The highest BCUT2D eigenvalue weighted by Gasteiger charge is 2.51. The second-order valence-electron chi connectivity index (χ2n) is 15.4. The summed E-state index contributed by atoms with van der Waals surface area (Å²) in [6, 6.07) is 32.8.